The van der Waals surface area contributed by atoms with E-state index in [-0.39, 0.29) is 22.9 Å². The van der Waals surface area contributed by atoms with E-state index in [1.807, 2.05) is 37.3 Å². The molecule has 0 aromatic heterocycles. The molecule has 0 saturated heterocycles. The first-order valence-electron chi connectivity index (χ1n) is 5.21. The van der Waals surface area contributed by atoms with Gasteiger partial charge >= 0.3 is 6.16 Å². The maximum absolute atomic E-state index is 11.3. The summed E-state index contributed by atoms with van der Waals surface area (Å²) in [5.41, 5.74) is 0.939. The fourth-order valence-corrected chi connectivity index (χ4v) is 1.32. The summed E-state index contributed by atoms with van der Waals surface area (Å²) in [5.74, 6) is 0. The normalized spacial score (nSPS) is 13.8. The molecule has 0 fully saturated rings. The van der Waals surface area contributed by atoms with Crippen LogP contribution in [0, 0.1) is 0 Å². The fourth-order valence-electron chi connectivity index (χ4n) is 1.04. The lowest BCUT2D eigenvalue weighted by atomic mass is 10.2. The van der Waals surface area contributed by atoms with Crippen molar-refractivity contribution in [1.82, 2.24) is 0 Å². The number of ether oxygens (including phenoxy) is 2. The average molecular weight is 366 g/mol. The number of alkyl halides is 2. The van der Waals surface area contributed by atoms with Gasteiger partial charge in [-0.2, -0.15) is 0 Å². The van der Waals surface area contributed by atoms with Crippen molar-refractivity contribution in [2.24, 2.45) is 0 Å². The number of carbonyl (C=O) groups excluding carboxylic acids is 1. The number of halogens is 2. The Morgan fingerprint density at radius 3 is 2.47 bits per heavy atom. The molecule has 5 heteroatoms. The third-order valence-corrected chi connectivity index (χ3v) is 4.46. The summed E-state index contributed by atoms with van der Waals surface area (Å²) >= 11 is 6.77. The average Bonchev–Trinajstić information content (AvgIpc) is 2.34. The summed E-state index contributed by atoms with van der Waals surface area (Å²) in [6.07, 6.45) is -0.647. The molecule has 1 rings (SSSR count). The molecule has 0 bridgehead atoms. The fraction of sp³-hybridized carbons (Fsp3) is 0.417. The van der Waals surface area contributed by atoms with Gasteiger partial charge in [0.1, 0.15) is 13.2 Å². The Hall–Kier alpha value is -0.550. The molecule has 1 aromatic carbocycles. The second-order valence-corrected chi connectivity index (χ2v) is 6.15. The van der Waals surface area contributed by atoms with Crippen LogP contribution in [-0.4, -0.2) is 22.4 Å². The van der Waals surface area contributed by atoms with Gasteiger partial charge in [-0.15, -0.1) is 0 Å². The van der Waals surface area contributed by atoms with Crippen LogP contribution < -0.4 is 0 Å². The molecule has 0 saturated carbocycles. The number of carbonyl (C=O) groups is 1. The third-order valence-electron chi connectivity index (χ3n) is 2.06. The summed E-state index contributed by atoms with van der Waals surface area (Å²) in [5, 5.41) is 0. The highest BCUT2D eigenvalue weighted by Crippen LogP contribution is 2.14. The zero-order valence-corrected chi connectivity index (χ0v) is 12.6. The number of benzene rings is 1. The van der Waals surface area contributed by atoms with Crippen molar-refractivity contribution in [2.75, 3.05) is 6.61 Å². The summed E-state index contributed by atoms with van der Waals surface area (Å²) < 4.78 is 9.91. The van der Waals surface area contributed by atoms with E-state index in [1.165, 1.54) is 0 Å². The van der Waals surface area contributed by atoms with Crippen molar-refractivity contribution in [2.45, 2.75) is 23.2 Å². The first kappa shape index (κ1) is 14.5. The minimum absolute atomic E-state index is 0.0757. The summed E-state index contributed by atoms with van der Waals surface area (Å²) in [4.78, 5) is 11.6. The molecule has 3 nitrogen and oxygen atoms in total. The molecule has 0 spiro atoms. The van der Waals surface area contributed by atoms with Gasteiger partial charge in [0.25, 0.3) is 0 Å². The molecule has 0 heterocycles. The standard InChI is InChI=1S/C12H14Br2O3/c1-9(13)11(14)8-17-12(15)16-7-10-5-3-2-4-6-10/h2-6,9,11H,7-8H2,1H3. The SMILES string of the molecule is CC(Br)C(Br)COC(=O)OCc1ccccc1. The minimum atomic E-state index is -0.647. The molecule has 0 aliphatic rings. The Labute approximate surface area is 118 Å². The lowest BCUT2D eigenvalue weighted by Crippen LogP contribution is -2.20. The molecule has 17 heavy (non-hydrogen) atoms. The van der Waals surface area contributed by atoms with E-state index in [2.05, 4.69) is 31.9 Å². The van der Waals surface area contributed by atoms with Crippen LogP contribution in [0.2, 0.25) is 0 Å². The minimum Gasteiger partial charge on any atom is -0.433 e. The summed E-state index contributed by atoms with van der Waals surface area (Å²) in [6.45, 7) is 2.48. The number of rotatable bonds is 5. The molecule has 1 aromatic rings. The highest BCUT2D eigenvalue weighted by Gasteiger charge is 2.14. The van der Waals surface area contributed by atoms with E-state index in [0.717, 1.165) is 5.56 Å². The van der Waals surface area contributed by atoms with Crippen molar-refractivity contribution < 1.29 is 14.3 Å². The van der Waals surface area contributed by atoms with Gasteiger partial charge in [0, 0.05) is 4.83 Å². The molecule has 0 aliphatic heterocycles. The smallest absolute Gasteiger partial charge is 0.433 e. The van der Waals surface area contributed by atoms with Gasteiger partial charge in [0.05, 0.1) is 4.83 Å². The van der Waals surface area contributed by atoms with Crippen LogP contribution >= 0.6 is 31.9 Å². The van der Waals surface area contributed by atoms with E-state index in [0.29, 0.717) is 0 Å². The Morgan fingerprint density at radius 2 is 1.88 bits per heavy atom. The van der Waals surface area contributed by atoms with Crippen LogP contribution in [0.3, 0.4) is 0 Å². The quantitative estimate of drug-likeness (QED) is 0.586. The van der Waals surface area contributed by atoms with Crippen molar-refractivity contribution >= 4 is 38.0 Å². The molecule has 0 amide bonds. The molecule has 2 unspecified atom stereocenters. The monoisotopic (exact) mass is 364 g/mol. The number of hydrogen-bond acceptors (Lipinski definition) is 3. The van der Waals surface area contributed by atoms with Crippen LogP contribution in [-0.2, 0) is 16.1 Å². The molecule has 0 radical (unpaired) electrons. The van der Waals surface area contributed by atoms with Crippen molar-refractivity contribution in [1.29, 1.82) is 0 Å². The molecular weight excluding hydrogens is 352 g/mol. The van der Waals surface area contributed by atoms with E-state index < -0.39 is 6.16 Å². The summed E-state index contributed by atoms with van der Waals surface area (Å²) in [6, 6.07) is 9.48. The highest BCUT2D eigenvalue weighted by atomic mass is 79.9. The highest BCUT2D eigenvalue weighted by molar-refractivity contribution is 9.12. The molecule has 94 valence electrons. The Bertz CT molecular complexity index is 341. The van der Waals surface area contributed by atoms with Gasteiger partial charge in [-0.3, -0.25) is 0 Å². The van der Waals surface area contributed by atoms with E-state index >= 15 is 0 Å². The van der Waals surface area contributed by atoms with Crippen LogP contribution in [0.4, 0.5) is 4.79 Å². The second kappa shape index (κ2) is 7.71. The van der Waals surface area contributed by atoms with E-state index in [1.54, 1.807) is 0 Å². The maximum Gasteiger partial charge on any atom is 0.508 e. The first-order chi connectivity index (χ1) is 8.09. The van der Waals surface area contributed by atoms with Gasteiger partial charge < -0.3 is 9.47 Å². The van der Waals surface area contributed by atoms with Crippen molar-refractivity contribution in [3.05, 3.63) is 35.9 Å². The molecule has 2 atom stereocenters. The topological polar surface area (TPSA) is 35.5 Å². The Kier molecular flexibility index (Phi) is 6.58. The zero-order valence-electron chi connectivity index (χ0n) is 9.44. The third kappa shape index (κ3) is 6.07. The predicted molar refractivity (Wildman–Crippen MR) is 73.7 cm³/mol. The molecule has 0 aliphatic carbocycles. The van der Waals surface area contributed by atoms with E-state index in [4.69, 9.17) is 9.47 Å². The van der Waals surface area contributed by atoms with Gasteiger partial charge in [0.15, 0.2) is 0 Å². The van der Waals surface area contributed by atoms with E-state index in [9.17, 15) is 4.79 Å². The lowest BCUT2D eigenvalue weighted by Gasteiger charge is -2.12. The maximum atomic E-state index is 11.3. The summed E-state index contributed by atoms with van der Waals surface area (Å²) in [7, 11) is 0. The van der Waals surface area contributed by atoms with Crippen LogP contribution in [0.25, 0.3) is 0 Å². The zero-order chi connectivity index (χ0) is 12.7. The van der Waals surface area contributed by atoms with Crippen molar-refractivity contribution in [3.8, 4) is 0 Å². The molecular formula is C12H14Br2O3. The van der Waals surface area contributed by atoms with Crippen LogP contribution in [0.5, 0.6) is 0 Å². The molecule has 0 N–H and O–H groups in total. The Morgan fingerprint density at radius 1 is 1.24 bits per heavy atom. The van der Waals surface area contributed by atoms with Crippen LogP contribution in [0.15, 0.2) is 30.3 Å². The second-order valence-electron chi connectivity index (χ2n) is 3.53. The first-order valence-corrected chi connectivity index (χ1v) is 7.04. The largest absolute Gasteiger partial charge is 0.508 e. The van der Waals surface area contributed by atoms with Gasteiger partial charge in [-0.25, -0.2) is 4.79 Å². The Balaban J connectivity index is 2.22. The van der Waals surface area contributed by atoms with Gasteiger partial charge in [-0.05, 0) is 5.56 Å². The predicted octanol–water partition coefficient (Wildman–Crippen LogP) is 3.89. The number of hydrogen-bond donors (Lipinski definition) is 0. The van der Waals surface area contributed by atoms with Gasteiger partial charge in [-0.1, -0.05) is 69.1 Å². The van der Waals surface area contributed by atoms with Crippen LogP contribution in [0.1, 0.15) is 12.5 Å². The van der Waals surface area contributed by atoms with Crippen molar-refractivity contribution in [3.63, 3.8) is 0 Å². The lowest BCUT2D eigenvalue weighted by molar-refractivity contribution is 0.0506. The van der Waals surface area contributed by atoms with Gasteiger partial charge in [0.2, 0.25) is 0 Å².